The zero-order valence-electron chi connectivity index (χ0n) is 13.3. The molecule has 0 aromatic carbocycles. The topological polar surface area (TPSA) is 15.3 Å². The van der Waals surface area contributed by atoms with Gasteiger partial charge in [-0.15, -0.1) is 0 Å². The summed E-state index contributed by atoms with van der Waals surface area (Å²) in [5.74, 6) is 0. The molecule has 0 aromatic rings. The molecular weight excluding hydrogens is 220 g/mol. The summed E-state index contributed by atoms with van der Waals surface area (Å²) < 4.78 is 0. The van der Waals surface area contributed by atoms with Crippen molar-refractivity contribution < 1.29 is 0 Å². The van der Waals surface area contributed by atoms with Gasteiger partial charge in [-0.05, 0) is 46.4 Å². The third-order valence-electron chi connectivity index (χ3n) is 3.51. The lowest BCUT2D eigenvalue weighted by Gasteiger charge is -2.20. The molecule has 110 valence electrons. The van der Waals surface area contributed by atoms with Crippen molar-refractivity contribution >= 4 is 0 Å². The van der Waals surface area contributed by atoms with E-state index in [1.165, 1.54) is 70.9 Å². The van der Waals surface area contributed by atoms with E-state index >= 15 is 0 Å². The third kappa shape index (κ3) is 12.4. The Morgan fingerprint density at radius 2 is 1.50 bits per heavy atom. The molecule has 0 radical (unpaired) electrons. The molecule has 18 heavy (non-hydrogen) atoms. The summed E-state index contributed by atoms with van der Waals surface area (Å²) >= 11 is 0. The molecule has 0 bridgehead atoms. The number of hydrogen-bond acceptors (Lipinski definition) is 2. The SMILES string of the molecule is CCCCCCCCC(CCN(C)C)NCCC. The van der Waals surface area contributed by atoms with Crippen molar-refractivity contribution in [3.63, 3.8) is 0 Å². The number of hydrogen-bond donors (Lipinski definition) is 1. The summed E-state index contributed by atoms with van der Waals surface area (Å²) in [6.45, 7) is 6.91. The zero-order valence-corrected chi connectivity index (χ0v) is 13.3. The van der Waals surface area contributed by atoms with Crippen molar-refractivity contribution in [2.24, 2.45) is 0 Å². The molecule has 1 N–H and O–H groups in total. The Hall–Kier alpha value is -0.0800. The molecule has 2 nitrogen and oxygen atoms in total. The highest BCUT2D eigenvalue weighted by molar-refractivity contribution is 4.68. The molecule has 0 aliphatic carbocycles. The van der Waals surface area contributed by atoms with Gasteiger partial charge in [0.15, 0.2) is 0 Å². The molecule has 0 amide bonds. The van der Waals surface area contributed by atoms with Gasteiger partial charge in [0.05, 0.1) is 0 Å². The molecule has 0 aliphatic heterocycles. The van der Waals surface area contributed by atoms with Gasteiger partial charge < -0.3 is 10.2 Å². The fourth-order valence-corrected chi connectivity index (χ4v) is 2.28. The van der Waals surface area contributed by atoms with Gasteiger partial charge >= 0.3 is 0 Å². The predicted molar refractivity (Wildman–Crippen MR) is 83.2 cm³/mol. The minimum absolute atomic E-state index is 0.735. The Bertz CT molecular complexity index is 157. The highest BCUT2D eigenvalue weighted by Crippen LogP contribution is 2.10. The normalized spacial score (nSPS) is 13.2. The van der Waals surface area contributed by atoms with Crippen LogP contribution in [-0.4, -0.2) is 38.1 Å². The predicted octanol–water partition coefficient (Wildman–Crippen LogP) is 4.06. The maximum Gasteiger partial charge on any atom is 0.00792 e. The summed E-state index contributed by atoms with van der Waals surface area (Å²) in [6, 6.07) is 0.735. The van der Waals surface area contributed by atoms with Crippen LogP contribution in [0.5, 0.6) is 0 Å². The number of unbranched alkanes of at least 4 members (excludes halogenated alkanes) is 5. The standard InChI is InChI=1S/C16H36N2/c1-5-7-8-9-10-11-12-16(17-14-6-2)13-15-18(3)4/h16-17H,5-15H2,1-4H3. The highest BCUT2D eigenvalue weighted by atomic mass is 15.1. The number of nitrogens with zero attached hydrogens (tertiary/aromatic N) is 1. The average molecular weight is 256 g/mol. The Morgan fingerprint density at radius 1 is 0.833 bits per heavy atom. The van der Waals surface area contributed by atoms with E-state index in [1.54, 1.807) is 0 Å². The lowest BCUT2D eigenvalue weighted by molar-refractivity contribution is 0.343. The van der Waals surface area contributed by atoms with E-state index in [2.05, 4.69) is 38.2 Å². The molecule has 1 unspecified atom stereocenters. The average Bonchev–Trinajstić information content (AvgIpc) is 2.35. The van der Waals surface area contributed by atoms with E-state index < -0.39 is 0 Å². The van der Waals surface area contributed by atoms with Crippen LogP contribution < -0.4 is 5.32 Å². The Labute approximate surface area is 116 Å². The summed E-state index contributed by atoms with van der Waals surface area (Å²) in [5, 5.41) is 3.70. The van der Waals surface area contributed by atoms with Crippen LogP contribution in [0.3, 0.4) is 0 Å². The largest absolute Gasteiger partial charge is 0.314 e. The summed E-state index contributed by atoms with van der Waals surface area (Å²) in [7, 11) is 4.34. The summed E-state index contributed by atoms with van der Waals surface area (Å²) in [6.07, 6.45) is 12.4. The maximum atomic E-state index is 3.70. The zero-order chi connectivity index (χ0) is 13.6. The van der Waals surface area contributed by atoms with Crippen molar-refractivity contribution in [2.45, 2.75) is 77.7 Å². The van der Waals surface area contributed by atoms with Crippen LogP contribution in [0.4, 0.5) is 0 Å². The van der Waals surface area contributed by atoms with E-state index in [0.29, 0.717) is 0 Å². The first-order valence-electron chi connectivity index (χ1n) is 8.08. The molecule has 0 aliphatic rings. The number of rotatable bonds is 13. The minimum Gasteiger partial charge on any atom is -0.314 e. The van der Waals surface area contributed by atoms with Crippen molar-refractivity contribution in [1.82, 2.24) is 10.2 Å². The lowest BCUT2D eigenvalue weighted by Crippen LogP contribution is -2.32. The van der Waals surface area contributed by atoms with Crippen molar-refractivity contribution in [2.75, 3.05) is 27.2 Å². The second-order valence-electron chi connectivity index (χ2n) is 5.80. The van der Waals surface area contributed by atoms with Gasteiger partial charge in [-0.1, -0.05) is 52.4 Å². The molecule has 0 saturated heterocycles. The molecule has 0 rings (SSSR count). The molecule has 0 spiro atoms. The monoisotopic (exact) mass is 256 g/mol. The second kappa shape index (κ2) is 13.4. The van der Waals surface area contributed by atoms with Crippen molar-refractivity contribution in [1.29, 1.82) is 0 Å². The van der Waals surface area contributed by atoms with Crippen LogP contribution in [0.1, 0.15) is 71.6 Å². The van der Waals surface area contributed by atoms with Crippen LogP contribution in [0.15, 0.2) is 0 Å². The van der Waals surface area contributed by atoms with Gasteiger partial charge in [-0.3, -0.25) is 0 Å². The van der Waals surface area contributed by atoms with Crippen LogP contribution in [0.25, 0.3) is 0 Å². The van der Waals surface area contributed by atoms with Gasteiger partial charge in [0.2, 0.25) is 0 Å². The molecular formula is C16H36N2. The first-order chi connectivity index (χ1) is 8.70. The van der Waals surface area contributed by atoms with Gasteiger partial charge in [0.1, 0.15) is 0 Å². The fraction of sp³-hybridized carbons (Fsp3) is 1.00. The van der Waals surface area contributed by atoms with Gasteiger partial charge in [0, 0.05) is 6.04 Å². The Balaban J connectivity index is 3.58. The Kier molecular flexibility index (Phi) is 13.3. The second-order valence-corrected chi connectivity index (χ2v) is 5.80. The van der Waals surface area contributed by atoms with Crippen molar-refractivity contribution in [3.05, 3.63) is 0 Å². The fourth-order valence-electron chi connectivity index (χ4n) is 2.28. The quantitative estimate of drug-likeness (QED) is 0.500. The van der Waals surface area contributed by atoms with Crippen LogP contribution in [-0.2, 0) is 0 Å². The van der Waals surface area contributed by atoms with Gasteiger partial charge in [0.25, 0.3) is 0 Å². The molecule has 1 atom stereocenters. The van der Waals surface area contributed by atoms with Crippen LogP contribution in [0.2, 0.25) is 0 Å². The van der Waals surface area contributed by atoms with Gasteiger partial charge in [-0.2, -0.15) is 0 Å². The van der Waals surface area contributed by atoms with E-state index in [4.69, 9.17) is 0 Å². The molecule has 0 fully saturated rings. The molecule has 2 heteroatoms. The van der Waals surface area contributed by atoms with Gasteiger partial charge in [-0.25, -0.2) is 0 Å². The third-order valence-corrected chi connectivity index (χ3v) is 3.51. The van der Waals surface area contributed by atoms with Crippen LogP contribution in [0, 0.1) is 0 Å². The maximum absolute atomic E-state index is 3.70. The van der Waals surface area contributed by atoms with E-state index in [9.17, 15) is 0 Å². The minimum atomic E-state index is 0.735. The first-order valence-corrected chi connectivity index (χ1v) is 8.08. The molecule has 0 aromatic heterocycles. The lowest BCUT2D eigenvalue weighted by atomic mass is 10.0. The Morgan fingerprint density at radius 3 is 2.11 bits per heavy atom. The highest BCUT2D eigenvalue weighted by Gasteiger charge is 2.07. The summed E-state index contributed by atoms with van der Waals surface area (Å²) in [4.78, 5) is 2.29. The first kappa shape index (κ1) is 17.9. The van der Waals surface area contributed by atoms with E-state index in [0.717, 1.165) is 6.04 Å². The number of nitrogens with one attached hydrogen (secondary N) is 1. The van der Waals surface area contributed by atoms with Crippen LogP contribution >= 0.6 is 0 Å². The molecule has 0 heterocycles. The molecule has 0 saturated carbocycles. The van der Waals surface area contributed by atoms with E-state index in [-0.39, 0.29) is 0 Å². The van der Waals surface area contributed by atoms with Crippen molar-refractivity contribution in [3.8, 4) is 0 Å². The smallest absolute Gasteiger partial charge is 0.00792 e. The van der Waals surface area contributed by atoms with E-state index in [1.807, 2.05) is 0 Å². The summed E-state index contributed by atoms with van der Waals surface area (Å²) in [5.41, 5.74) is 0.